The second kappa shape index (κ2) is 9.42. The van der Waals surface area contributed by atoms with Crippen LogP contribution in [0.4, 0.5) is 5.69 Å². The summed E-state index contributed by atoms with van der Waals surface area (Å²) in [4.78, 5) is 4.41. The molecule has 0 aliphatic heterocycles. The van der Waals surface area contributed by atoms with E-state index in [1.165, 1.54) is 7.11 Å². The molecule has 0 aromatic heterocycles. The van der Waals surface area contributed by atoms with Crippen molar-refractivity contribution in [3.8, 4) is 0 Å². The molecule has 2 rings (SSSR count). The molecule has 0 heterocycles. The highest BCUT2D eigenvalue weighted by Crippen LogP contribution is 2.31. The Kier molecular flexibility index (Phi) is 7.53. The normalized spacial score (nSPS) is 13.0. The van der Waals surface area contributed by atoms with Crippen molar-refractivity contribution in [2.75, 3.05) is 12.4 Å². The molecule has 26 heavy (non-hydrogen) atoms. The summed E-state index contributed by atoms with van der Waals surface area (Å²) in [7, 11) is 1.51. The molecular formula is C18H18Cl3N3OS. The molecule has 0 amide bonds. The maximum absolute atomic E-state index is 6.08. The largest absolute Gasteiger partial charge is 0.481 e. The van der Waals surface area contributed by atoms with Gasteiger partial charge < -0.3 is 15.4 Å². The fourth-order valence-electron chi connectivity index (χ4n) is 2.06. The lowest BCUT2D eigenvalue weighted by atomic mass is 10.1. The van der Waals surface area contributed by atoms with Gasteiger partial charge in [-0.05, 0) is 43.4 Å². The third-order valence-electron chi connectivity index (χ3n) is 3.35. The number of hydrogen-bond acceptors (Lipinski definition) is 3. The van der Waals surface area contributed by atoms with Gasteiger partial charge in [-0.1, -0.05) is 70.7 Å². The number of aryl methyl sites for hydroxylation is 1. The lowest BCUT2D eigenvalue weighted by molar-refractivity contribution is 0.397. The number of alkyl halides is 3. The zero-order valence-electron chi connectivity index (χ0n) is 14.2. The molecule has 4 nitrogen and oxygen atoms in total. The van der Waals surface area contributed by atoms with Gasteiger partial charge in [0.15, 0.2) is 11.3 Å². The van der Waals surface area contributed by atoms with Crippen LogP contribution in [0, 0.1) is 6.92 Å². The Balaban J connectivity index is 2.20. The van der Waals surface area contributed by atoms with Gasteiger partial charge in [-0.3, -0.25) is 0 Å². The fraction of sp³-hybridized carbons (Fsp3) is 0.222. The standard InChI is InChI=1S/C18H18Cl3N3OS/c1-12-8-10-13(11-9-12)15(25-2)23-16(18(19,20)21)24-17(26)22-14-6-4-3-5-7-14/h3-11,16H,1-2H3,(H2,22,24,26)/t16-/m0/s1. The predicted molar refractivity (Wildman–Crippen MR) is 115 cm³/mol. The molecule has 0 aliphatic carbocycles. The number of rotatable bonds is 4. The van der Waals surface area contributed by atoms with Crippen LogP contribution >= 0.6 is 47.0 Å². The highest BCUT2D eigenvalue weighted by Gasteiger charge is 2.34. The highest BCUT2D eigenvalue weighted by atomic mass is 35.6. The van der Waals surface area contributed by atoms with E-state index in [9.17, 15) is 0 Å². The molecule has 0 radical (unpaired) electrons. The van der Waals surface area contributed by atoms with Gasteiger partial charge in [0.05, 0.1) is 7.11 Å². The SMILES string of the molecule is COC(=N[C@@H](NC(=S)Nc1ccccc1)C(Cl)(Cl)Cl)c1ccc(C)cc1. The number of para-hydroxylation sites is 1. The molecule has 0 saturated carbocycles. The molecule has 8 heteroatoms. The molecule has 0 fully saturated rings. The summed E-state index contributed by atoms with van der Waals surface area (Å²) < 4.78 is 3.63. The first-order valence-electron chi connectivity index (χ1n) is 7.67. The number of nitrogens with one attached hydrogen (secondary N) is 2. The lowest BCUT2D eigenvalue weighted by Gasteiger charge is -2.24. The molecule has 0 spiro atoms. The summed E-state index contributed by atoms with van der Waals surface area (Å²) in [6.07, 6.45) is -0.951. The lowest BCUT2D eigenvalue weighted by Crippen LogP contribution is -2.45. The quantitative estimate of drug-likeness (QED) is 0.308. The number of thiocarbonyl (C=S) groups is 1. The first-order valence-corrected chi connectivity index (χ1v) is 9.22. The van der Waals surface area contributed by atoms with Crippen molar-refractivity contribution in [3.63, 3.8) is 0 Å². The van der Waals surface area contributed by atoms with E-state index in [0.29, 0.717) is 5.90 Å². The Bertz CT molecular complexity index is 762. The predicted octanol–water partition coefficient (Wildman–Crippen LogP) is 5.07. The molecule has 2 N–H and O–H groups in total. The molecule has 0 unspecified atom stereocenters. The van der Waals surface area contributed by atoms with Gasteiger partial charge in [-0.15, -0.1) is 0 Å². The number of hydrogen-bond donors (Lipinski definition) is 2. The van der Waals surface area contributed by atoms with Crippen molar-refractivity contribution in [2.45, 2.75) is 16.9 Å². The third-order valence-corrected chi connectivity index (χ3v) is 4.19. The Morgan fingerprint density at radius 3 is 2.23 bits per heavy atom. The van der Waals surface area contributed by atoms with Gasteiger partial charge in [0.25, 0.3) is 0 Å². The van der Waals surface area contributed by atoms with Crippen molar-refractivity contribution in [1.29, 1.82) is 0 Å². The minimum Gasteiger partial charge on any atom is -0.481 e. The molecular weight excluding hydrogens is 413 g/mol. The van der Waals surface area contributed by atoms with E-state index in [-0.39, 0.29) is 5.11 Å². The zero-order chi connectivity index (χ0) is 19.2. The molecule has 0 bridgehead atoms. The summed E-state index contributed by atoms with van der Waals surface area (Å²) in [5.41, 5.74) is 2.69. The Morgan fingerprint density at radius 1 is 1.08 bits per heavy atom. The second-order valence-corrected chi connectivity index (χ2v) is 8.19. The number of ether oxygens (including phenoxy) is 1. The van der Waals surface area contributed by atoms with Crippen molar-refractivity contribution in [2.24, 2.45) is 4.99 Å². The van der Waals surface area contributed by atoms with Crippen LogP contribution in [-0.2, 0) is 4.74 Å². The van der Waals surface area contributed by atoms with Gasteiger partial charge in [0.2, 0.25) is 9.69 Å². The van der Waals surface area contributed by atoms with Crippen LogP contribution in [0.2, 0.25) is 0 Å². The van der Waals surface area contributed by atoms with Crippen LogP contribution in [0.3, 0.4) is 0 Å². The number of nitrogens with zero attached hydrogens (tertiary/aromatic N) is 1. The first-order chi connectivity index (χ1) is 12.3. The summed E-state index contributed by atoms with van der Waals surface area (Å²) in [5, 5.41) is 6.20. The maximum Gasteiger partial charge on any atom is 0.230 e. The summed E-state index contributed by atoms with van der Waals surface area (Å²) in [6, 6.07) is 17.1. The van der Waals surface area contributed by atoms with E-state index in [1.54, 1.807) is 0 Å². The van der Waals surface area contributed by atoms with Crippen LogP contribution in [-0.4, -0.2) is 28.1 Å². The number of halogens is 3. The highest BCUT2D eigenvalue weighted by molar-refractivity contribution is 7.80. The van der Waals surface area contributed by atoms with Crippen LogP contribution in [0.1, 0.15) is 11.1 Å². The average molecular weight is 431 g/mol. The number of anilines is 1. The Hall–Kier alpha value is -1.53. The van der Waals surface area contributed by atoms with Crippen LogP contribution < -0.4 is 10.6 Å². The summed E-state index contributed by atoms with van der Waals surface area (Å²) in [6.45, 7) is 1.99. The summed E-state index contributed by atoms with van der Waals surface area (Å²) in [5.74, 6) is 0.330. The monoisotopic (exact) mass is 429 g/mol. The van der Waals surface area contributed by atoms with Gasteiger partial charge >= 0.3 is 0 Å². The zero-order valence-corrected chi connectivity index (χ0v) is 17.3. The molecule has 0 aliphatic rings. The van der Waals surface area contributed by atoms with E-state index in [2.05, 4.69) is 15.6 Å². The van der Waals surface area contributed by atoms with E-state index in [0.717, 1.165) is 16.8 Å². The molecule has 138 valence electrons. The van der Waals surface area contributed by atoms with Crippen LogP contribution in [0.15, 0.2) is 59.6 Å². The van der Waals surface area contributed by atoms with Crippen LogP contribution in [0.5, 0.6) is 0 Å². The number of aliphatic imine (C=N–C) groups is 1. The minimum atomic E-state index is -1.74. The minimum absolute atomic E-state index is 0.274. The van der Waals surface area contributed by atoms with Gasteiger partial charge in [-0.2, -0.15) is 0 Å². The average Bonchev–Trinajstić information content (AvgIpc) is 2.59. The first kappa shape index (κ1) is 20.8. The Morgan fingerprint density at radius 2 is 1.69 bits per heavy atom. The fourth-order valence-corrected chi connectivity index (χ4v) is 2.60. The van der Waals surface area contributed by atoms with Crippen molar-refractivity contribution in [3.05, 3.63) is 65.7 Å². The second-order valence-electron chi connectivity index (χ2n) is 5.41. The maximum atomic E-state index is 6.08. The van der Waals surface area contributed by atoms with Crippen molar-refractivity contribution < 1.29 is 4.74 Å². The van der Waals surface area contributed by atoms with Crippen LogP contribution in [0.25, 0.3) is 0 Å². The number of methoxy groups -OCH3 is 1. The molecule has 2 aromatic rings. The van der Waals surface area contributed by atoms with Crippen molar-refractivity contribution in [1.82, 2.24) is 5.32 Å². The van der Waals surface area contributed by atoms with Crippen molar-refractivity contribution >= 4 is 63.7 Å². The van der Waals surface area contributed by atoms with Gasteiger partial charge in [0, 0.05) is 11.3 Å². The topological polar surface area (TPSA) is 45.6 Å². The Labute approximate surface area is 173 Å². The molecule has 2 aromatic carbocycles. The van der Waals surface area contributed by atoms with E-state index >= 15 is 0 Å². The van der Waals surface area contributed by atoms with E-state index < -0.39 is 9.96 Å². The third kappa shape index (κ3) is 6.32. The van der Waals surface area contributed by atoms with E-state index in [1.807, 2.05) is 61.5 Å². The molecule has 0 saturated heterocycles. The molecule has 1 atom stereocenters. The number of benzene rings is 2. The van der Waals surface area contributed by atoms with E-state index in [4.69, 9.17) is 51.8 Å². The smallest absolute Gasteiger partial charge is 0.230 e. The van der Waals surface area contributed by atoms with Gasteiger partial charge in [-0.25, -0.2) is 4.99 Å². The summed E-state index contributed by atoms with van der Waals surface area (Å²) >= 11 is 23.5. The van der Waals surface area contributed by atoms with Gasteiger partial charge in [0.1, 0.15) is 0 Å².